The number of hydrogen-bond donors (Lipinski definition) is 1. The Morgan fingerprint density at radius 1 is 1.33 bits per heavy atom. The van der Waals surface area contributed by atoms with Gasteiger partial charge in [-0.2, -0.15) is 0 Å². The van der Waals surface area contributed by atoms with E-state index in [0.29, 0.717) is 24.1 Å². The van der Waals surface area contributed by atoms with Crippen LogP contribution in [0.3, 0.4) is 0 Å². The Morgan fingerprint density at radius 3 is 2.63 bits per heavy atom. The largest absolute Gasteiger partial charge is 0.369 e. The van der Waals surface area contributed by atoms with E-state index in [0.717, 1.165) is 5.56 Å². The van der Waals surface area contributed by atoms with Crippen LogP contribution in [0.1, 0.15) is 46.9 Å². The molecule has 8 heteroatoms. The zero-order valence-corrected chi connectivity index (χ0v) is 18.1. The molecule has 158 valence electrons. The molecule has 30 heavy (non-hydrogen) atoms. The summed E-state index contributed by atoms with van der Waals surface area (Å²) < 4.78 is 29.1. The van der Waals surface area contributed by atoms with Gasteiger partial charge in [0, 0.05) is 25.2 Å². The molecule has 1 saturated carbocycles. The molecule has 2 aromatic rings. The third kappa shape index (κ3) is 2.85. The summed E-state index contributed by atoms with van der Waals surface area (Å²) >= 11 is 0. The second-order valence-corrected chi connectivity index (χ2v) is 10.9. The quantitative estimate of drug-likeness (QED) is 0.599. The lowest BCUT2D eigenvalue weighted by Crippen LogP contribution is -2.58. The fourth-order valence-corrected chi connectivity index (χ4v) is 6.70. The van der Waals surface area contributed by atoms with Crippen LogP contribution >= 0.6 is 0 Å². The first kappa shape index (κ1) is 20.5. The summed E-state index contributed by atoms with van der Waals surface area (Å²) in [5.41, 5.74) is 7.16. The number of carbonyl (C=O) groups is 1. The lowest BCUT2D eigenvalue weighted by Gasteiger charge is -2.45. The molecule has 1 aromatic heterocycles. The molecule has 2 aliphatic rings. The van der Waals surface area contributed by atoms with Gasteiger partial charge in [-0.05, 0) is 61.9 Å². The number of ketones is 1. The zero-order valence-electron chi connectivity index (χ0n) is 17.3. The van der Waals surface area contributed by atoms with Gasteiger partial charge in [0.2, 0.25) is 5.96 Å². The molecule has 0 saturated heterocycles. The van der Waals surface area contributed by atoms with Crippen LogP contribution in [-0.2, 0) is 21.7 Å². The smallest absolute Gasteiger partial charge is 0.203 e. The molecule has 1 aromatic carbocycles. The fourth-order valence-electron chi connectivity index (χ4n) is 4.31. The van der Waals surface area contributed by atoms with Crippen LogP contribution in [0, 0.1) is 12.7 Å². The lowest BCUT2D eigenvalue weighted by atomic mass is 9.85. The van der Waals surface area contributed by atoms with Crippen molar-refractivity contribution in [1.82, 2.24) is 9.29 Å². The Kier molecular flexibility index (Phi) is 4.54. The average molecular weight is 429 g/mol. The normalized spacial score (nSPS) is 27.1. The number of hydrogen-bond acceptors (Lipinski definition) is 5. The monoisotopic (exact) mass is 428 g/mol. The molecule has 2 N–H and O–H groups in total. The number of rotatable bonds is 4. The molecule has 2 heterocycles. The highest BCUT2D eigenvalue weighted by atomic mass is 32.2. The van der Waals surface area contributed by atoms with Crippen molar-refractivity contribution in [2.75, 3.05) is 7.05 Å². The van der Waals surface area contributed by atoms with Gasteiger partial charge in [0.1, 0.15) is 17.1 Å². The summed E-state index contributed by atoms with van der Waals surface area (Å²) in [6.07, 6.45) is 2.94. The average Bonchev–Trinajstić information content (AvgIpc) is 3.51. The first-order valence-electron chi connectivity index (χ1n) is 9.73. The number of nitrogens with zero attached hydrogens (tertiary/aromatic N) is 3. The molecule has 0 bridgehead atoms. The Bertz CT molecular complexity index is 1170. The Balaban J connectivity index is 1.75. The van der Waals surface area contributed by atoms with E-state index in [4.69, 9.17) is 5.73 Å². The van der Waals surface area contributed by atoms with Crippen molar-refractivity contribution in [1.29, 1.82) is 0 Å². The number of Topliss-reactive ketones (excluding diaryl/α,β-unsaturated/α-hetero) is 1. The lowest BCUT2D eigenvalue weighted by molar-refractivity contribution is 0.0988. The number of halogens is 1. The van der Waals surface area contributed by atoms with E-state index >= 15 is 4.39 Å². The number of aromatic nitrogens is 1. The first-order valence-corrected chi connectivity index (χ1v) is 11.4. The summed E-state index contributed by atoms with van der Waals surface area (Å²) in [5, 5.41) is 0. The molecule has 2 atom stereocenters. The Hall–Kier alpha value is -2.74. The molecule has 4 rings (SSSR count). The highest BCUT2D eigenvalue weighted by Gasteiger charge is 2.67. The second-order valence-electron chi connectivity index (χ2n) is 8.31. The number of benzene rings is 1. The Labute approximate surface area is 176 Å². The van der Waals surface area contributed by atoms with Crippen LogP contribution in [0.4, 0.5) is 4.39 Å². The number of pyridine rings is 1. The van der Waals surface area contributed by atoms with Crippen molar-refractivity contribution < 1.29 is 13.4 Å². The van der Waals surface area contributed by atoms with Gasteiger partial charge in [-0.25, -0.2) is 13.6 Å². The minimum atomic E-state index is -2.80. The third-order valence-electron chi connectivity index (χ3n) is 6.42. The predicted molar refractivity (Wildman–Crippen MR) is 117 cm³/mol. The number of aliphatic imine (C=N–C) groups is 1. The molecular formula is C22H25FN4O2S. The van der Waals surface area contributed by atoms with Gasteiger partial charge in [-0.3, -0.25) is 14.1 Å². The fraction of sp³-hybridized carbons (Fsp3) is 0.364. The summed E-state index contributed by atoms with van der Waals surface area (Å²) in [7, 11) is -1.19. The summed E-state index contributed by atoms with van der Waals surface area (Å²) in [6, 6.07) is 8.06. The van der Waals surface area contributed by atoms with Gasteiger partial charge in [-0.1, -0.05) is 12.1 Å². The predicted octanol–water partition coefficient (Wildman–Crippen LogP) is 2.59. The molecule has 6 nitrogen and oxygen atoms in total. The molecule has 0 radical (unpaired) electrons. The standard InChI is InChI=1S/C22H25FN4O2S/c1-14-5-8-18(25-13-14)19(28)12-15-6-7-17(23)16(11-15)21(2)22(9-10-22)30(4,29)27(3)20(24)26-21/h5-8,11,13H,4,9-10,12H2,1-3H3,(H2,24,26)/t21-,30?/m1/s1. The minimum Gasteiger partial charge on any atom is -0.369 e. The summed E-state index contributed by atoms with van der Waals surface area (Å²) in [6.45, 7) is 3.66. The van der Waals surface area contributed by atoms with E-state index in [-0.39, 0.29) is 23.7 Å². The van der Waals surface area contributed by atoms with Crippen LogP contribution in [-0.4, -0.2) is 42.9 Å². The number of guanidine groups is 1. The number of carbonyl (C=O) groups excluding carboxylic acids is 1. The van der Waals surface area contributed by atoms with Crippen molar-refractivity contribution in [3.8, 4) is 0 Å². The van der Waals surface area contributed by atoms with Crippen molar-refractivity contribution >= 4 is 27.3 Å². The molecule has 1 fully saturated rings. The highest BCUT2D eigenvalue weighted by molar-refractivity contribution is 8.00. The van der Waals surface area contributed by atoms with E-state index in [1.165, 1.54) is 10.4 Å². The van der Waals surface area contributed by atoms with Crippen molar-refractivity contribution in [3.63, 3.8) is 0 Å². The summed E-state index contributed by atoms with van der Waals surface area (Å²) in [4.78, 5) is 21.4. The molecular weight excluding hydrogens is 403 g/mol. The maximum absolute atomic E-state index is 15.0. The van der Waals surface area contributed by atoms with Gasteiger partial charge in [0.15, 0.2) is 5.78 Å². The van der Waals surface area contributed by atoms with E-state index in [2.05, 4.69) is 15.8 Å². The van der Waals surface area contributed by atoms with Gasteiger partial charge in [-0.15, -0.1) is 0 Å². The van der Waals surface area contributed by atoms with Crippen LogP contribution in [0.5, 0.6) is 0 Å². The maximum atomic E-state index is 15.0. The number of aryl methyl sites for hydroxylation is 1. The van der Waals surface area contributed by atoms with Crippen LogP contribution in [0.2, 0.25) is 0 Å². The SMILES string of the molecule is C=S1(=O)N(C)C(N)=N[C@](C)(c2cc(CC(=O)c3ccc(C)cn3)ccc2F)C12CC2. The van der Waals surface area contributed by atoms with Gasteiger partial charge >= 0.3 is 0 Å². The van der Waals surface area contributed by atoms with Crippen molar-refractivity contribution in [3.05, 3.63) is 64.7 Å². The van der Waals surface area contributed by atoms with Gasteiger partial charge in [0.05, 0.1) is 14.5 Å². The third-order valence-corrected chi connectivity index (χ3v) is 9.52. The van der Waals surface area contributed by atoms with Crippen molar-refractivity contribution in [2.24, 2.45) is 10.7 Å². The molecule has 1 aliphatic heterocycles. The van der Waals surface area contributed by atoms with Crippen LogP contribution < -0.4 is 5.73 Å². The maximum Gasteiger partial charge on any atom is 0.203 e. The molecule has 1 spiro atoms. The molecule has 0 amide bonds. The van der Waals surface area contributed by atoms with Crippen molar-refractivity contribution in [2.45, 2.75) is 43.4 Å². The minimum absolute atomic E-state index is 0.0692. The zero-order chi connectivity index (χ0) is 21.9. The van der Waals surface area contributed by atoms with Crippen LogP contribution in [0.15, 0.2) is 41.5 Å². The van der Waals surface area contributed by atoms with Gasteiger partial charge < -0.3 is 5.73 Å². The Morgan fingerprint density at radius 2 is 2.03 bits per heavy atom. The second kappa shape index (κ2) is 6.63. The van der Waals surface area contributed by atoms with E-state index < -0.39 is 25.8 Å². The van der Waals surface area contributed by atoms with Gasteiger partial charge in [0.25, 0.3) is 0 Å². The molecule has 1 unspecified atom stereocenters. The highest BCUT2D eigenvalue weighted by Crippen LogP contribution is 2.60. The van der Waals surface area contributed by atoms with E-state index in [1.54, 1.807) is 38.4 Å². The van der Waals surface area contributed by atoms with Crippen LogP contribution in [0.25, 0.3) is 0 Å². The number of nitrogens with two attached hydrogens (primary N) is 1. The van der Waals surface area contributed by atoms with E-state index in [1.807, 2.05) is 13.0 Å². The molecule has 1 aliphatic carbocycles. The first-order chi connectivity index (χ1) is 14.0. The topological polar surface area (TPSA) is 88.6 Å². The van der Waals surface area contributed by atoms with E-state index in [9.17, 15) is 9.00 Å². The summed E-state index contributed by atoms with van der Waals surface area (Å²) in [5.74, 6) is 3.39.